The second-order valence-electron chi connectivity index (χ2n) is 10.1. The molecule has 2 aliphatic heterocycles. The summed E-state index contributed by atoms with van der Waals surface area (Å²) < 4.78 is 5.65. The Kier molecular flexibility index (Phi) is 5.08. The summed E-state index contributed by atoms with van der Waals surface area (Å²) in [4.78, 5) is 38.8. The molecule has 4 fully saturated rings. The fraction of sp³-hybridized carbons (Fsp3) is 0.444. The van der Waals surface area contributed by atoms with Crippen molar-refractivity contribution in [3.05, 3.63) is 59.7 Å². The van der Waals surface area contributed by atoms with Gasteiger partial charge in [-0.25, -0.2) is 4.79 Å². The Morgan fingerprint density at radius 3 is 2.29 bits per heavy atom. The molecule has 176 valence electrons. The van der Waals surface area contributed by atoms with Crippen LogP contribution in [0.2, 0.25) is 0 Å². The van der Waals surface area contributed by atoms with E-state index >= 15 is 0 Å². The number of nitrogens with zero attached hydrogens (tertiary/aromatic N) is 1. The molecule has 2 N–H and O–H groups in total. The van der Waals surface area contributed by atoms with E-state index in [-0.39, 0.29) is 42.4 Å². The van der Waals surface area contributed by atoms with Crippen LogP contribution in [0.5, 0.6) is 0 Å². The van der Waals surface area contributed by atoms with Crippen molar-refractivity contribution < 1.29 is 24.2 Å². The van der Waals surface area contributed by atoms with Crippen LogP contribution in [-0.4, -0.2) is 53.2 Å². The van der Waals surface area contributed by atoms with Crippen LogP contribution in [0.15, 0.2) is 48.5 Å². The van der Waals surface area contributed by atoms with Crippen molar-refractivity contribution >= 4 is 18.0 Å². The molecule has 3 aliphatic carbocycles. The van der Waals surface area contributed by atoms with Gasteiger partial charge in [-0.15, -0.1) is 0 Å². The minimum absolute atomic E-state index is 0.0138. The molecule has 2 aromatic rings. The van der Waals surface area contributed by atoms with E-state index in [1.165, 1.54) is 22.3 Å². The molecule has 2 amide bonds. The number of carbonyl (C=O) groups excluding carboxylic acids is 2. The average molecular weight is 461 g/mol. The SMILES string of the molecule is O=C(N[C@@H]1CC[C@H](C(=O)N2CC3CC2C3C(=O)O)C1)OCC1c2ccccc2-c2ccccc21. The Labute approximate surface area is 198 Å². The monoisotopic (exact) mass is 460 g/mol. The summed E-state index contributed by atoms with van der Waals surface area (Å²) in [5.74, 6) is -1.19. The second-order valence-corrected chi connectivity index (χ2v) is 10.1. The summed E-state index contributed by atoms with van der Waals surface area (Å²) >= 11 is 0. The number of carboxylic acids is 1. The number of carboxylic acid groups (broad SMARTS) is 1. The van der Waals surface area contributed by atoms with Gasteiger partial charge in [0.05, 0.1) is 5.92 Å². The Morgan fingerprint density at radius 2 is 1.65 bits per heavy atom. The molecule has 2 saturated carbocycles. The minimum atomic E-state index is -0.794. The van der Waals surface area contributed by atoms with Crippen molar-refractivity contribution in [3.63, 3.8) is 0 Å². The molecular formula is C27H28N2O5. The summed E-state index contributed by atoms with van der Waals surface area (Å²) in [7, 11) is 0. The third-order valence-electron chi connectivity index (χ3n) is 8.31. The molecule has 2 aromatic carbocycles. The van der Waals surface area contributed by atoms with Gasteiger partial charge in [0.15, 0.2) is 0 Å². The molecule has 0 aromatic heterocycles. The first kappa shape index (κ1) is 21.2. The molecule has 2 bridgehead atoms. The number of hydrogen-bond acceptors (Lipinski definition) is 4. The molecule has 5 aliphatic rings. The van der Waals surface area contributed by atoms with Gasteiger partial charge in [-0.1, -0.05) is 48.5 Å². The Bertz CT molecular complexity index is 1120. The number of fused-ring (bicyclic) bond motifs is 4. The van der Waals surface area contributed by atoms with E-state index in [1.54, 1.807) is 4.90 Å². The summed E-state index contributed by atoms with van der Waals surface area (Å²) in [6, 6.07) is 16.2. The molecule has 0 radical (unpaired) electrons. The number of amides is 2. The number of ether oxygens (including phenoxy) is 1. The Balaban J connectivity index is 1.03. The van der Waals surface area contributed by atoms with Crippen molar-refractivity contribution in [1.29, 1.82) is 0 Å². The molecule has 7 rings (SSSR count). The maximum absolute atomic E-state index is 13.0. The van der Waals surface area contributed by atoms with Crippen LogP contribution in [0, 0.1) is 17.8 Å². The molecule has 7 nitrogen and oxygen atoms in total. The van der Waals surface area contributed by atoms with Crippen molar-refractivity contribution in [3.8, 4) is 11.1 Å². The van der Waals surface area contributed by atoms with Crippen LogP contribution in [0.1, 0.15) is 42.7 Å². The van der Waals surface area contributed by atoms with Gasteiger partial charge in [-0.3, -0.25) is 9.59 Å². The zero-order chi connectivity index (χ0) is 23.4. The van der Waals surface area contributed by atoms with E-state index in [4.69, 9.17) is 4.74 Å². The number of aliphatic carboxylic acids is 1. The molecule has 2 heterocycles. The van der Waals surface area contributed by atoms with Crippen LogP contribution in [0.4, 0.5) is 4.79 Å². The van der Waals surface area contributed by atoms with Gasteiger partial charge in [-0.05, 0) is 53.9 Å². The highest BCUT2D eigenvalue weighted by Crippen LogP contribution is 2.48. The molecular weight excluding hydrogens is 432 g/mol. The summed E-state index contributed by atoms with van der Waals surface area (Å²) in [5, 5.41) is 12.3. The van der Waals surface area contributed by atoms with Gasteiger partial charge in [0.2, 0.25) is 5.91 Å². The molecule has 3 unspecified atom stereocenters. The van der Waals surface area contributed by atoms with E-state index in [1.807, 2.05) is 24.3 Å². The highest BCUT2D eigenvalue weighted by molar-refractivity contribution is 5.83. The van der Waals surface area contributed by atoms with Crippen LogP contribution >= 0.6 is 0 Å². The summed E-state index contributed by atoms with van der Waals surface area (Å²) in [6.45, 7) is 0.823. The first-order valence-electron chi connectivity index (χ1n) is 12.2. The van der Waals surface area contributed by atoms with E-state index in [9.17, 15) is 19.5 Å². The zero-order valence-corrected chi connectivity index (χ0v) is 18.9. The maximum atomic E-state index is 13.0. The quantitative estimate of drug-likeness (QED) is 0.711. The van der Waals surface area contributed by atoms with Crippen molar-refractivity contribution in [1.82, 2.24) is 10.2 Å². The van der Waals surface area contributed by atoms with Gasteiger partial charge in [0.1, 0.15) is 6.61 Å². The van der Waals surface area contributed by atoms with E-state index in [0.717, 1.165) is 12.8 Å². The molecule has 0 spiro atoms. The highest BCUT2D eigenvalue weighted by atomic mass is 16.5. The standard InChI is InChI=1S/C27H28N2O5/c30-25(29-13-16-12-23(29)24(16)26(31)32)15-9-10-17(11-15)28-27(33)34-14-22-20-7-3-1-5-18(20)19-6-2-4-8-21(19)22/h1-8,15-17,22-24H,9-14H2,(H,28,33)(H,31,32)/t15-,16?,17+,23?,24?/m0/s1. The lowest BCUT2D eigenvalue weighted by molar-refractivity contribution is -0.148. The lowest BCUT2D eigenvalue weighted by Crippen LogP contribution is -2.46. The van der Waals surface area contributed by atoms with Crippen molar-refractivity contribution in [2.45, 2.75) is 43.7 Å². The number of carbonyl (C=O) groups is 3. The van der Waals surface area contributed by atoms with E-state index in [2.05, 4.69) is 29.6 Å². The summed E-state index contributed by atoms with van der Waals surface area (Å²) in [6.07, 6.45) is 2.36. The third kappa shape index (κ3) is 3.37. The number of hydrogen-bond donors (Lipinski definition) is 2. The van der Waals surface area contributed by atoms with Crippen LogP contribution < -0.4 is 5.32 Å². The maximum Gasteiger partial charge on any atom is 0.407 e. The predicted octanol–water partition coefficient (Wildman–Crippen LogP) is 3.63. The predicted molar refractivity (Wildman–Crippen MR) is 124 cm³/mol. The van der Waals surface area contributed by atoms with Crippen molar-refractivity contribution in [2.75, 3.05) is 13.2 Å². The van der Waals surface area contributed by atoms with Crippen LogP contribution in [-0.2, 0) is 14.3 Å². The molecule has 2 saturated heterocycles. The lowest BCUT2D eigenvalue weighted by atomic mass is 9.74. The van der Waals surface area contributed by atoms with Gasteiger partial charge >= 0.3 is 12.1 Å². The fourth-order valence-corrected chi connectivity index (χ4v) is 6.62. The smallest absolute Gasteiger partial charge is 0.407 e. The number of rotatable bonds is 5. The third-order valence-corrected chi connectivity index (χ3v) is 8.31. The largest absolute Gasteiger partial charge is 0.481 e. The van der Waals surface area contributed by atoms with Gasteiger partial charge < -0.3 is 20.1 Å². The lowest BCUT2D eigenvalue weighted by Gasteiger charge is -2.33. The second kappa shape index (κ2) is 8.15. The van der Waals surface area contributed by atoms with Crippen LogP contribution in [0.25, 0.3) is 11.1 Å². The molecule has 7 heteroatoms. The normalized spacial score (nSPS) is 28.7. The molecule has 34 heavy (non-hydrogen) atoms. The van der Waals surface area contributed by atoms with Crippen molar-refractivity contribution in [2.24, 2.45) is 17.8 Å². The number of benzene rings is 2. The van der Waals surface area contributed by atoms with E-state index in [0.29, 0.717) is 19.4 Å². The first-order chi connectivity index (χ1) is 16.5. The fourth-order valence-electron chi connectivity index (χ4n) is 6.62. The highest BCUT2D eigenvalue weighted by Gasteiger charge is 2.57. The summed E-state index contributed by atoms with van der Waals surface area (Å²) in [5.41, 5.74) is 4.72. The van der Waals surface area contributed by atoms with Gasteiger partial charge in [-0.2, -0.15) is 0 Å². The number of alkyl carbamates (subject to hydrolysis) is 1. The van der Waals surface area contributed by atoms with E-state index < -0.39 is 18.0 Å². The Hall–Kier alpha value is -3.35. The topological polar surface area (TPSA) is 95.9 Å². The minimum Gasteiger partial charge on any atom is -0.481 e. The molecule has 5 atom stereocenters. The van der Waals surface area contributed by atoms with Gasteiger partial charge in [0, 0.05) is 30.5 Å². The van der Waals surface area contributed by atoms with Crippen LogP contribution in [0.3, 0.4) is 0 Å². The first-order valence-corrected chi connectivity index (χ1v) is 12.2. The average Bonchev–Trinajstić information content (AvgIpc) is 3.59. The Morgan fingerprint density at radius 1 is 0.971 bits per heavy atom. The number of nitrogens with one attached hydrogen (secondary N) is 1. The zero-order valence-electron chi connectivity index (χ0n) is 18.9. The van der Waals surface area contributed by atoms with Gasteiger partial charge in [0.25, 0.3) is 0 Å².